The van der Waals surface area contributed by atoms with Crippen LogP contribution in [0.2, 0.25) is 5.02 Å². The number of carbonyl (C=O) groups is 1. The predicted octanol–water partition coefficient (Wildman–Crippen LogP) is 2.53. The van der Waals surface area contributed by atoms with Gasteiger partial charge in [-0.2, -0.15) is 4.98 Å². The number of benzene rings is 1. The molecule has 2 amide bonds. The van der Waals surface area contributed by atoms with Gasteiger partial charge < -0.3 is 14.8 Å². The van der Waals surface area contributed by atoms with Gasteiger partial charge in [-0.1, -0.05) is 17.7 Å². The lowest BCUT2D eigenvalue weighted by atomic mass is 10.0. The number of fused-ring (bicyclic) bond motifs is 3. The molecule has 0 unspecified atom stereocenters. The molecule has 0 atom stereocenters. The number of rotatable bonds is 2. The molecular weight excluding hydrogens is 390 g/mol. The molecule has 4 heterocycles. The lowest BCUT2D eigenvalue weighted by Crippen LogP contribution is -2.29. The fourth-order valence-corrected chi connectivity index (χ4v) is 4.23. The van der Waals surface area contributed by atoms with Crippen molar-refractivity contribution in [3.05, 3.63) is 41.1 Å². The molecule has 4 aliphatic rings. The van der Waals surface area contributed by atoms with E-state index in [-0.39, 0.29) is 6.03 Å². The number of pyridine rings is 1. The van der Waals surface area contributed by atoms with Crippen LogP contribution in [0.4, 0.5) is 16.3 Å². The van der Waals surface area contributed by atoms with Gasteiger partial charge in [-0.05, 0) is 18.2 Å². The molecule has 0 bridgehead atoms. The van der Waals surface area contributed by atoms with Crippen LogP contribution in [0.15, 0.2) is 35.5 Å². The van der Waals surface area contributed by atoms with Gasteiger partial charge in [-0.3, -0.25) is 9.89 Å². The maximum atomic E-state index is 12.3. The van der Waals surface area contributed by atoms with Crippen molar-refractivity contribution < 1.29 is 4.79 Å². The third-order valence-corrected chi connectivity index (χ3v) is 5.78. The van der Waals surface area contributed by atoms with Crippen LogP contribution in [0.1, 0.15) is 0 Å². The van der Waals surface area contributed by atoms with Gasteiger partial charge in [0.15, 0.2) is 0 Å². The Labute approximate surface area is 172 Å². The number of nitrogens with one attached hydrogen (secondary N) is 1. The van der Waals surface area contributed by atoms with Gasteiger partial charge in [-0.25, -0.2) is 9.78 Å². The molecule has 4 aliphatic heterocycles. The van der Waals surface area contributed by atoms with Crippen LogP contribution in [-0.4, -0.2) is 59.2 Å². The summed E-state index contributed by atoms with van der Waals surface area (Å²) in [4.78, 5) is 28.7. The number of halogens is 1. The standard InChI is InChI=1S/C20H20ClN7O/c1-22-19-24-11-12-9-15(18-23-5-6-28(18)17(12)25-19)14-4-3-13(10-16(14)21)27-8-7-26(2)20(27)29/h3-4,9-11,23H,5-8H2,1-2H3. The molecule has 1 aromatic rings. The van der Waals surface area contributed by atoms with Crippen molar-refractivity contribution in [2.45, 2.75) is 6.54 Å². The van der Waals surface area contributed by atoms with Gasteiger partial charge in [0.1, 0.15) is 11.6 Å². The zero-order valence-corrected chi connectivity index (χ0v) is 16.9. The van der Waals surface area contributed by atoms with E-state index in [4.69, 9.17) is 11.6 Å². The van der Waals surface area contributed by atoms with Crippen molar-refractivity contribution in [1.82, 2.24) is 19.4 Å². The van der Waals surface area contributed by atoms with Crippen LogP contribution >= 0.6 is 11.6 Å². The fraction of sp³-hybridized carbons (Fsp3) is 0.300. The van der Waals surface area contributed by atoms with E-state index in [0.717, 1.165) is 47.1 Å². The number of aromatic nitrogens is 3. The number of hydrogen-bond donors (Lipinski definition) is 1. The maximum Gasteiger partial charge on any atom is 0.324 e. The highest BCUT2D eigenvalue weighted by atomic mass is 35.5. The fourth-order valence-electron chi connectivity index (χ4n) is 3.95. The minimum atomic E-state index is -0.00747. The first-order chi connectivity index (χ1) is 14.1. The molecule has 148 valence electrons. The smallest absolute Gasteiger partial charge is 0.324 e. The summed E-state index contributed by atoms with van der Waals surface area (Å²) >= 11 is 6.69. The van der Waals surface area contributed by atoms with E-state index in [1.165, 1.54) is 0 Å². The van der Waals surface area contributed by atoms with Crippen molar-refractivity contribution in [3.63, 3.8) is 0 Å². The molecule has 1 saturated heterocycles. The predicted molar refractivity (Wildman–Crippen MR) is 112 cm³/mol. The first-order valence-corrected chi connectivity index (χ1v) is 9.84. The van der Waals surface area contributed by atoms with Crippen LogP contribution in [0, 0.1) is 0 Å². The second-order valence-corrected chi connectivity index (χ2v) is 7.58. The first-order valence-electron chi connectivity index (χ1n) is 9.46. The summed E-state index contributed by atoms with van der Waals surface area (Å²) in [7, 11) is 3.49. The molecule has 1 N–H and O–H groups in total. The first kappa shape index (κ1) is 17.9. The quantitative estimate of drug-likeness (QED) is 0.705. The molecule has 0 aromatic heterocycles. The average Bonchev–Trinajstić information content (AvgIpc) is 3.35. The highest BCUT2D eigenvalue weighted by molar-refractivity contribution is 6.34. The Bertz CT molecular complexity index is 1170. The molecule has 29 heavy (non-hydrogen) atoms. The van der Waals surface area contributed by atoms with Crippen LogP contribution in [0.25, 0.3) is 22.5 Å². The summed E-state index contributed by atoms with van der Waals surface area (Å²) in [6.45, 7) is 3.00. The Morgan fingerprint density at radius 3 is 2.76 bits per heavy atom. The monoisotopic (exact) mass is 409 g/mol. The molecule has 8 nitrogen and oxygen atoms in total. The van der Waals surface area contributed by atoms with Crippen molar-refractivity contribution >= 4 is 29.1 Å². The van der Waals surface area contributed by atoms with Gasteiger partial charge in [0, 0.05) is 68.8 Å². The molecule has 0 saturated carbocycles. The van der Waals surface area contributed by atoms with Crippen LogP contribution in [-0.2, 0) is 6.54 Å². The maximum absolute atomic E-state index is 12.3. The summed E-state index contributed by atoms with van der Waals surface area (Å²) in [6, 6.07) is 7.83. The van der Waals surface area contributed by atoms with Gasteiger partial charge >= 0.3 is 6.03 Å². The van der Waals surface area contributed by atoms with E-state index in [1.807, 2.05) is 18.2 Å². The van der Waals surface area contributed by atoms with Crippen LogP contribution in [0.3, 0.4) is 0 Å². The zero-order chi connectivity index (χ0) is 20.1. The summed E-state index contributed by atoms with van der Waals surface area (Å²) in [6.07, 6.45) is 1.79. The number of likely N-dealkylation sites (N-methyl/N-ethyl adjacent to an activating group) is 1. The Morgan fingerprint density at radius 2 is 2.03 bits per heavy atom. The molecule has 9 heteroatoms. The summed E-state index contributed by atoms with van der Waals surface area (Å²) in [5, 5.41) is 4.05. The number of hydrogen-bond acceptors (Lipinski definition) is 5. The van der Waals surface area contributed by atoms with Crippen molar-refractivity contribution in [3.8, 4) is 22.5 Å². The third kappa shape index (κ3) is 2.82. The summed E-state index contributed by atoms with van der Waals surface area (Å²) in [5.41, 5.74) is 4.09. The van der Waals surface area contributed by atoms with Crippen molar-refractivity contribution in [2.24, 2.45) is 4.99 Å². The number of amides is 2. The van der Waals surface area contributed by atoms with Crippen molar-refractivity contribution in [2.75, 3.05) is 43.9 Å². The number of urea groups is 1. The highest BCUT2D eigenvalue weighted by Gasteiger charge is 2.28. The molecule has 5 rings (SSSR count). The number of anilines is 2. The molecule has 0 spiro atoms. The van der Waals surface area contributed by atoms with Gasteiger partial charge in [0.2, 0.25) is 5.62 Å². The second kappa shape index (κ2) is 6.73. The molecule has 0 aliphatic carbocycles. The Morgan fingerprint density at radius 1 is 1.17 bits per heavy atom. The van der Waals surface area contributed by atoms with Crippen LogP contribution in [0.5, 0.6) is 0 Å². The lowest BCUT2D eigenvalue weighted by molar-refractivity contribution is 0.229. The largest absolute Gasteiger partial charge is 0.369 e. The zero-order valence-electron chi connectivity index (χ0n) is 16.2. The lowest BCUT2D eigenvalue weighted by Gasteiger charge is -2.20. The SMILES string of the molecule is CN=c1ncc2cc(-c3ccc(N4CCN(C)C4=O)cc3Cl)c3n(c-2n1)CCN3. The van der Waals surface area contributed by atoms with E-state index in [9.17, 15) is 4.79 Å². The second-order valence-electron chi connectivity index (χ2n) is 7.18. The van der Waals surface area contributed by atoms with E-state index in [1.54, 1.807) is 30.1 Å². The Kier molecular flexibility index (Phi) is 4.16. The topological polar surface area (TPSA) is 78.7 Å². The molecule has 1 aromatic carbocycles. The molecule has 1 fully saturated rings. The number of carbonyl (C=O) groups excluding carboxylic acids is 1. The van der Waals surface area contributed by atoms with Crippen molar-refractivity contribution in [1.29, 1.82) is 0 Å². The minimum absolute atomic E-state index is 0.00747. The highest BCUT2D eigenvalue weighted by Crippen LogP contribution is 2.40. The Hall–Kier alpha value is -3.13. The van der Waals surface area contributed by atoms with Gasteiger partial charge in [0.25, 0.3) is 0 Å². The number of nitrogens with zero attached hydrogens (tertiary/aromatic N) is 6. The van der Waals surface area contributed by atoms with E-state index in [2.05, 4.69) is 30.9 Å². The van der Waals surface area contributed by atoms with E-state index < -0.39 is 0 Å². The normalized spacial score (nSPS) is 16.7. The minimum Gasteiger partial charge on any atom is -0.369 e. The average molecular weight is 410 g/mol. The third-order valence-electron chi connectivity index (χ3n) is 5.46. The van der Waals surface area contributed by atoms with E-state index in [0.29, 0.717) is 23.7 Å². The van der Waals surface area contributed by atoms with E-state index >= 15 is 0 Å². The summed E-state index contributed by atoms with van der Waals surface area (Å²) < 4.78 is 2.14. The van der Waals surface area contributed by atoms with Gasteiger partial charge in [0.05, 0.1) is 5.02 Å². The van der Waals surface area contributed by atoms with Crippen LogP contribution < -0.4 is 15.8 Å². The summed E-state index contributed by atoms with van der Waals surface area (Å²) in [5.74, 6) is 1.83. The molecular formula is C20H20ClN7O. The molecule has 0 radical (unpaired) electrons. The Balaban J connectivity index is 1.63. The van der Waals surface area contributed by atoms with Gasteiger partial charge in [-0.15, -0.1) is 0 Å².